The van der Waals surface area contributed by atoms with E-state index < -0.39 is 4.70 Å². The van der Waals surface area contributed by atoms with Crippen LogP contribution in [-0.2, 0) is 0 Å². The molecule has 5 heavy (non-hydrogen) atoms. The van der Waals surface area contributed by atoms with Crippen LogP contribution in [0.25, 0.3) is 0 Å². The number of carbonyl (C=O) groups is 1. The van der Waals surface area contributed by atoms with Gasteiger partial charge in [0, 0.05) is 51.4 Å². The van der Waals surface area contributed by atoms with Crippen molar-refractivity contribution in [3.05, 3.63) is 0 Å². The Morgan fingerprint density at radius 1 is 1.40 bits per heavy atom. The van der Waals surface area contributed by atoms with E-state index in [1.807, 2.05) is 0 Å². The molecule has 0 aromatic rings. The molecule has 1 nitrogen and oxygen atoms in total. The molecule has 0 aromatic carbocycles. The molecule has 0 aromatic heterocycles. The Kier molecular flexibility index (Phi) is 11.8. The Morgan fingerprint density at radius 2 is 1.40 bits per heavy atom. The summed E-state index contributed by atoms with van der Waals surface area (Å²) in [6.07, 6.45) is 0. The summed E-state index contributed by atoms with van der Waals surface area (Å²) >= 11 is 8.80. The second-order valence-corrected chi connectivity index (χ2v) is 1.11. The summed E-state index contributed by atoms with van der Waals surface area (Å²) in [5.41, 5.74) is 0. The molecule has 4 heteroatoms. The summed E-state index contributed by atoms with van der Waals surface area (Å²) in [7, 11) is 0. The van der Waals surface area contributed by atoms with Crippen LogP contribution in [-0.4, -0.2) is 56.1 Å². The molecule has 0 fully saturated rings. The van der Waals surface area contributed by atoms with Crippen molar-refractivity contribution in [2.45, 2.75) is 0 Å². The molecule has 0 rings (SSSR count). The molecule has 0 unspecified atom stereocenters. The molecule has 0 atom stereocenters. The van der Waals surface area contributed by atoms with E-state index in [4.69, 9.17) is 4.79 Å². The molecule has 0 heterocycles. The van der Waals surface area contributed by atoms with Crippen LogP contribution in [0, 0.1) is 0 Å². The van der Waals surface area contributed by atoms with E-state index in [9.17, 15) is 0 Å². The molecule has 0 saturated heterocycles. The van der Waals surface area contributed by atoms with Gasteiger partial charge in [0.05, 0.1) is 0 Å². The van der Waals surface area contributed by atoms with E-state index in [1.54, 1.807) is 0 Å². The van der Waals surface area contributed by atoms with Crippen molar-refractivity contribution in [2.75, 3.05) is 0 Å². The van der Waals surface area contributed by atoms with E-state index >= 15 is 0 Å². The maximum atomic E-state index is 8.98. The van der Waals surface area contributed by atoms with Gasteiger partial charge < -0.3 is 0 Å². The largest absolute Gasteiger partial charge is 0.313 e. The summed E-state index contributed by atoms with van der Waals surface area (Å²) in [6.45, 7) is 0. The molecule has 0 spiro atoms. The van der Waals surface area contributed by atoms with Gasteiger partial charge in [0.15, 0.2) is 0 Å². The van der Waals surface area contributed by atoms with Crippen LogP contribution in [0.15, 0.2) is 0 Å². The van der Waals surface area contributed by atoms with Gasteiger partial charge in [-0.15, -0.1) is 0 Å². The quantitative estimate of drug-likeness (QED) is 0.363. The second kappa shape index (κ2) is 5.89. The summed E-state index contributed by atoms with van der Waals surface area (Å²) < 4.78 is -0.889. The number of hydrogen-bond donors (Lipinski definition) is 0. The minimum atomic E-state index is -0.889. The zero-order valence-electron chi connectivity index (χ0n) is 2.66. The first-order chi connectivity index (χ1) is 1.73. The number of rotatable bonds is 0. The fourth-order valence-corrected chi connectivity index (χ4v) is 0. The van der Waals surface area contributed by atoms with Crippen LogP contribution in [0.5, 0.6) is 0 Å². The van der Waals surface area contributed by atoms with Gasteiger partial charge in [-0.1, -0.05) is 0 Å². The van der Waals surface area contributed by atoms with Crippen molar-refractivity contribution in [3.63, 3.8) is 0 Å². The van der Waals surface area contributed by atoms with Gasteiger partial charge in [0.1, 0.15) is 0 Å². The van der Waals surface area contributed by atoms with Gasteiger partial charge in [-0.3, -0.25) is 4.79 Å². The normalized spacial score (nSPS) is 5.20. The molecule has 0 bridgehead atoms. The predicted molar refractivity (Wildman–Crippen MR) is 22.9 cm³/mol. The zero-order chi connectivity index (χ0) is 3.58. The predicted octanol–water partition coefficient (Wildman–Crippen LogP) is 1.20. The summed E-state index contributed by atoms with van der Waals surface area (Å²) in [5, 5.41) is 0. The molecular weight excluding hydrogens is 138 g/mol. The van der Waals surface area contributed by atoms with Crippen molar-refractivity contribution in [1.82, 2.24) is 0 Å². The monoisotopic (exact) mass is 137 g/mol. The first-order valence-corrected chi connectivity index (χ1v) is 1.34. The van der Waals surface area contributed by atoms with Crippen LogP contribution in [0.3, 0.4) is 0 Å². The average molecular weight is 138 g/mol. The third kappa shape index (κ3) is 25.0. The molecule has 0 aliphatic heterocycles. The van der Waals surface area contributed by atoms with E-state index in [0.29, 0.717) is 0 Å². The fourth-order valence-electron chi connectivity index (χ4n) is 0. The number of carbonyl (C=O) groups excluding carboxylic acids is 1. The van der Waals surface area contributed by atoms with Crippen molar-refractivity contribution in [1.29, 1.82) is 0 Å². The van der Waals surface area contributed by atoms with Gasteiger partial charge in [-0.05, 0) is 23.2 Å². The summed E-state index contributed by atoms with van der Waals surface area (Å²) in [4.78, 5) is 8.98. The van der Waals surface area contributed by atoms with Crippen molar-refractivity contribution in [2.24, 2.45) is 0 Å². The number of hydrogen-bond acceptors (Lipinski definition) is 1. The maximum Gasteiger partial charge on any atom is 0.313 e. The average Bonchev–Trinajstić information content (AvgIpc) is 0.811. The Bertz CT molecular complexity index is 32.6. The Morgan fingerprint density at radius 3 is 1.40 bits per heavy atom. The summed E-state index contributed by atoms with van der Waals surface area (Å²) in [5.74, 6) is 0. The molecule has 0 aliphatic rings. The van der Waals surface area contributed by atoms with Crippen LogP contribution in [0.4, 0.5) is 4.79 Å². The topological polar surface area (TPSA) is 17.1 Å². The first-order valence-electron chi connectivity index (χ1n) is 0.582. The van der Waals surface area contributed by atoms with Gasteiger partial charge in [0.2, 0.25) is 0 Å². The molecule has 0 aliphatic carbocycles. The molecule has 25 valence electrons. The van der Waals surface area contributed by atoms with Crippen molar-refractivity contribution in [3.8, 4) is 0 Å². The van der Waals surface area contributed by atoms with Crippen LogP contribution < -0.4 is 0 Å². The van der Waals surface area contributed by atoms with Crippen LogP contribution in [0.2, 0.25) is 0 Å². The van der Waals surface area contributed by atoms with Crippen LogP contribution in [0.1, 0.15) is 0 Å². The number of halogens is 2. The first kappa shape index (κ1) is 9.99. The van der Waals surface area contributed by atoms with Crippen LogP contribution >= 0.6 is 23.2 Å². The third-order valence-corrected chi connectivity index (χ3v) is 0. The Balaban J connectivity index is 0. The SMILES string of the molecule is O=C(Cl)Cl.[K]. The Hall–Kier alpha value is 1.89. The molecule has 1 radical (unpaired) electrons. The Labute approximate surface area is 82.4 Å². The summed E-state index contributed by atoms with van der Waals surface area (Å²) in [6, 6.07) is 0. The van der Waals surface area contributed by atoms with E-state index in [2.05, 4.69) is 23.2 Å². The second-order valence-electron chi connectivity index (χ2n) is 0.226. The standard InChI is InChI=1S/CCl2O.K/c2-1(3)4;. The molecular formula is CCl2KO. The van der Waals surface area contributed by atoms with E-state index in [1.165, 1.54) is 0 Å². The van der Waals surface area contributed by atoms with E-state index in [0.717, 1.165) is 0 Å². The zero-order valence-corrected chi connectivity index (χ0v) is 7.30. The van der Waals surface area contributed by atoms with E-state index in [-0.39, 0.29) is 51.4 Å². The smallest absolute Gasteiger partial charge is 0.262 e. The van der Waals surface area contributed by atoms with Crippen molar-refractivity contribution < 1.29 is 4.79 Å². The molecule has 0 saturated carbocycles. The third-order valence-electron chi connectivity index (χ3n) is 0. The minimum absolute atomic E-state index is 0. The maximum absolute atomic E-state index is 8.98. The van der Waals surface area contributed by atoms with Gasteiger partial charge in [0.25, 0.3) is 0 Å². The minimum Gasteiger partial charge on any atom is -0.262 e. The van der Waals surface area contributed by atoms with Gasteiger partial charge in [-0.2, -0.15) is 0 Å². The molecule has 0 N–H and O–H groups in total. The van der Waals surface area contributed by atoms with Gasteiger partial charge >= 0.3 is 4.70 Å². The van der Waals surface area contributed by atoms with Gasteiger partial charge in [-0.25, -0.2) is 0 Å². The molecule has 0 amide bonds. The van der Waals surface area contributed by atoms with Crippen molar-refractivity contribution >= 4 is 79.3 Å². The fraction of sp³-hybridized carbons (Fsp3) is 0.